The molecular formula is C8H14N6O2. The van der Waals surface area contributed by atoms with Crippen molar-refractivity contribution in [2.45, 2.75) is 38.1 Å². The maximum Gasteiger partial charge on any atom is 0.135 e. The van der Waals surface area contributed by atoms with Gasteiger partial charge in [-0.25, -0.2) is 0 Å². The van der Waals surface area contributed by atoms with Crippen LogP contribution in [0.25, 0.3) is 20.9 Å². The minimum atomic E-state index is -0.998. The molecule has 8 nitrogen and oxygen atoms in total. The zero-order valence-corrected chi connectivity index (χ0v) is 8.72. The predicted molar refractivity (Wildman–Crippen MR) is 55.8 cm³/mol. The first-order valence-corrected chi connectivity index (χ1v) is 5.13. The van der Waals surface area contributed by atoms with E-state index < -0.39 is 12.5 Å². The predicted octanol–water partition coefficient (Wildman–Crippen LogP) is 2.05. The molecule has 0 aromatic rings. The number of rotatable bonds is 4. The van der Waals surface area contributed by atoms with Crippen LogP contribution in [-0.4, -0.2) is 22.7 Å². The molecular weight excluding hydrogens is 212 g/mol. The SMILES string of the molecule is [N-]=[N+]=NC(O)C1CCC(C(O)N=[N+]=[N-])CC1. The van der Waals surface area contributed by atoms with E-state index >= 15 is 0 Å². The molecule has 0 bridgehead atoms. The Morgan fingerprint density at radius 3 is 1.44 bits per heavy atom. The lowest BCUT2D eigenvalue weighted by atomic mass is 9.80. The molecule has 1 fully saturated rings. The zero-order chi connectivity index (χ0) is 12.0. The molecule has 0 spiro atoms. The van der Waals surface area contributed by atoms with Crippen LogP contribution in [0.4, 0.5) is 0 Å². The molecule has 2 unspecified atom stereocenters. The lowest BCUT2D eigenvalue weighted by Crippen LogP contribution is -2.28. The van der Waals surface area contributed by atoms with Crippen LogP contribution >= 0.6 is 0 Å². The van der Waals surface area contributed by atoms with Crippen LogP contribution in [-0.2, 0) is 0 Å². The van der Waals surface area contributed by atoms with E-state index in [4.69, 9.17) is 11.1 Å². The Bertz CT molecular complexity index is 282. The van der Waals surface area contributed by atoms with Crippen LogP contribution in [0, 0.1) is 11.8 Å². The Morgan fingerprint density at radius 1 is 0.875 bits per heavy atom. The minimum Gasteiger partial charge on any atom is -0.387 e. The number of hydrogen-bond donors (Lipinski definition) is 2. The van der Waals surface area contributed by atoms with E-state index in [9.17, 15) is 10.2 Å². The third-order valence-electron chi connectivity index (χ3n) is 3.00. The third-order valence-corrected chi connectivity index (χ3v) is 3.00. The van der Waals surface area contributed by atoms with Gasteiger partial charge < -0.3 is 10.2 Å². The average molecular weight is 226 g/mol. The summed E-state index contributed by atoms with van der Waals surface area (Å²) in [5, 5.41) is 25.4. The number of azide groups is 2. The first-order chi connectivity index (χ1) is 7.69. The highest BCUT2D eigenvalue weighted by atomic mass is 16.3. The Kier molecular flexibility index (Phi) is 4.88. The van der Waals surface area contributed by atoms with E-state index in [1.54, 1.807) is 0 Å². The molecule has 16 heavy (non-hydrogen) atoms. The fourth-order valence-electron chi connectivity index (χ4n) is 2.04. The number of aliphatic hydroxyl groups excluding tert-OH is 2. The zero-order valence-electron chi connectivity index (χ0n) is 8.72. The van der Waals surface area contributed by atoms with Gasteiger partial charge in [-0.15, -0.1) is 0 Å². The van der Waals surface area contributed by atoms with Gasteiger partial charge in [-0.3, -0.25) is 0 Å². The van der Waals surface area contributed by atoms with Crippen LogP contribution in [0.1, 0.15) is 25.7 Å². The van der Waals surface area contributed by atoms with Crippen molar-refractivity contribution in [3.8, 4) is 0 Å². The number of nitrogens with zero attached hydrogens (tertiary/aromatic N) is 6. The quantitative estimate of drug-likeness (QED) is 0.430. The van der Waals surface area contributed by atoms with E-state index in [1.165, 1.54) is 0 Å². The van der Waals surface area contributed by atoms with E-state index in [1.807, 2.05) is 0 Å². The van der Waals surface area contributed by atoms with Crippen LogP contribution in [0.15, 0.2) is 10.2 Å². The molecule has 2 atom stereocenters. The Morgan fingerprint density at radius 2 is 1.19 bits per heavy atom. The molecule has 88 valence electrons. The van der Waals surface area contributed by atoms with Gasteiger partial charge in [-0.05, 0) is 48.6 Å². The third kappa shape index (κ3) is 3.29. The Labute approximate surface area is 92.1 Å². The lowest BCUT2D eigenvalue weighted by Gasteiger charge is -2.30. The molecule has 1 aliphatic carbocycles. The standard InChI is InChI=1S/C8H14N6O2/c9-13-11-7(15)5-1-2-6(4-3-5)8(16)12-14-10/h5-8,15-16H,1-4H2. The summed E-state index contributed by atoms with van der Waals surface area (Å²) in [5.74, 6) is -0.129. The molecule has 8 heteroatoms. The molecule has 0 heterocycles. The summed E-state index contributed by atoms with van der Waals surface area (Å²) in [7, 11) is 0. The van der Waals surface area contributed by atoms with Crippen molar-refractivity contribution in [1.29, 1.82) is 0 Å². The van der Waals surface area contributed by atoms with Crippen molar-refractivity contribution in [2.75, 3.05) is 0 Å². The van der Waals surface area contributed by atoms with E-state index in [0.29, 0.717) is 25.7 Å². The van der Waals surface area contributed by atoms with Crippen molar-refractivity contribution in [1.82, 2.24) is 0 Å². The highest BCUT2D eigenvalue weighted by Gasteiger charge is 2.28. The fourth-order valence-corrected chi connectivity index (χ4v) is 2.04. The van der Waals surface area contributed by atoms with Gasteiger partial charge in [-0.1, -0.05) is 10.2 Å². The van der Waals surface area contributed by atoms with Crippen molar-refractivity contribution in [3.05, 3.63) is 20.9 Å². The lowest BCUT2D eigenvalue weighted by molar-refractivity contribution is 0.0392. The summed E-state index contributed by atoms with van der Waals surface area (Å²) in [4.78, 5) is 5.11. The van der Waals surface area contributed by atoms with Crippen molar-refractivity contribution >= 4 is 0 Å². The molecule has 0 saturated heterocycles. The summed E-state index contributed by atoms with van der Waals surface area (Å²) in [5.41, 5.74) is 16.4. The van der Waals surface area contributed by atoms with Gasteiger partial charge in [0.25, 0.3) is 0 Å². The topological polar surface area (TPSA) is 138 Å². The maximum atomic E-state index is 9.44. The molecule has 0 amide bonds. The van der Waals surface area contributed by atoms with Crippen LogP contribution < -0.4 is 0 Å². The minimum absolute atomic E-state index is 0.0644. The molecule has 0 aromatic carbocycles. The molecule has 0 aliphatic heterocycles. The second-order valence-electron chi connectivity index (χ2n) is 3.91. The molecule has 1 aliphatic rings. The van der Waals surface area contributed by atoms with E-state index in [0.717, 1.165) is 0 Å². The first-order valence-electron chi connectivity index (χ1n) is 5.13. The highest BCUT2D eigenvalue weighted by molar-refractivity contribution is 4.79. The largest absolute Gasteiger partial charge is 0.387 e. The van der Waals surface area contributed by atoms with Crippen LogP contribution in [0.5, 0.6) is 0 Å². The van der Waals surface area contributed by atoms with Crippen molar-refractivity contribution in [2.24, 2.45) is 22.1 Å². The molecule has 0 radical (unpaired) electrons. The molecule has 1 rings (SSSR count). The van der Waals surface area contributed by atoms with Gasteiger partial charge in [0.05, 0.1) is 0 Å². The fraction of sp³-hybridized carbons (Fsp3) is 1.00. The van der Waals surface area contributed by atoms with Gasteiger partial charge in [0, 0.05) is 9.82 Å². The summed E-state index contributed by atoms with van der Waals surface area (Å²) < 4.78 is 0. The van der Waals surface area contributed by atoms with Crippen molar-refractivity contribution in [3.63, 3.8) is 0 Å². The smallest absolute Gasteiger partial charge is 0.135 e. The van der Waals surface area contributed by atoms with Gasteiger partial charge in [0.2, 0.25) is 0 Å². The number of hydrogen-bond acceptors (Lipinski definition) is 4. The van der Waals surface area contributed by atoms with Gasteiger partial charge >= 0.3 is 0 Å². The Balaban J connectivity index is 2.44. The molecule has 0 aromatic heterocycles. The Hall–Kier alpha value is -1.46. The second-order valence-corrected chi connectivity index (χ2v) is 3.91. The van der Waals surface area contributed by atoms with Gasteiger partial charge in [0.1, 0.15) is 12.5 Å². The second kappa shape index (κ2) is 6.19. The number of aliphatic hydroxyl groups is 2. The van der Waals surface area contributed by atoms with Crippen molar-refractivity contribution < 1.29 is 10.2 Å². The molecule has 1 saturated carbocycles. The van der Waals surface area contributed by atoms with E-state index in [2.05, 4.69) is 20.1 Å². The average Bonchev–Trinajstić information content (AvgIpc) is 2.30. The maximum absolute atomic E-state index is 9.44. The molecule has 2 N–H and O–H groups in total. The summed E-state index contributed by atoms with van der Waals surface area (Å²) >= 11 is 0. The van der Waals surface area contributed by atoms with Gasteiger partial charge in [0.15, 0.2) is 0 Å². The summed E-state index contributed by atoms with van der Waals surface area (Å²) in [6.07, 6.45) is 0.627. The summed E-state index contributed by atoms with van der Waals surface area (Å²) in [6.45, 7) is 0. The summed E-state index contributed by atoms with van der Waals surface area (Å²) in [6, 6.07) is 0. The van der Waals surface area contributed by atoms with Crippen LogP contribution in [0.3, 0.4) is 0 Å². The van der Waals surface area contributed by atoms with Gasteiger partial charge in [-0.2, -0.15) is 0 Å². The monoisotopic (exact) mass is 226 g/mol. The highest BCUT2D eigenvalue weighted by Crippen LogP contribution is 2.33. The normalized spacial score (nSPS) is 28.4. The van der Waals surface area contributed by atoms with E-state index in [-0.39, 0.29) is 11.8 Å². The van der Waals surface area contributed by atoms with Crippen LogP contribution in [0.2, 0.25) is 0 Å². The first kappa shape index (κ1) is 12.6.